The van der Waals surface area contributed by atoms with Gasteiger partial charge in [0.25, 0.3) is 0 Å². The predicted octanol–water partition coefficient (Wildman–Crippen LogP) is 3.22. The summed E-state index contributed by atoms with van der Waals surface area (Å²) in [5.74, 6) is 1.77. The first-order chi connectivity index (χ1) is 13.3. The van der Waals surface area contributed by atoms with Crippen LogP contribution in [0.2, 0.25) is 0 Å². The van der Waals surface area contributed by atoms with Gasteiger partial charge in [-0.1, -0.05) is 36.4 Å². The van der Waals surface area contributed by atoms with Gasteiger partial charge >= 0.3 is 0 Å². The maximum absolute atomic E-state index is 5.46. The van der Waals surface area contributed by atoms with Crippen LogP contribution in [0.25, 0.3) is 0 Å². The highest BCUT2D eigenvalue weighted by molar-refractivity contribution is 5.61. The van der Waals surface area contributed by atoms with E-state index in [0.717, 1.165) is 24.5 Å². The molecule has 0 bridgehead atoms. The quantitative estimate of drug-likeness (QED) is 0.747. The number of aromatic nitrogens is 3. The summed E-state index contributed by atoms with van der Waals surface area (Å²) in [5, 5.41) is 3.28. The summed E-state index contributed by atoms with van der Waals surface area (Å²) >= 11 is 0. The van der Waals surface area contributed by atoms with Crippen LogP contribution in [0.5, 0.6) is 0 Å². The lowest BCUT2D eigenvalue weighted by Crippen LogP contribution is -2.37. The number of nitrogens with zero attached hydrogens (tertiary/aromatic N) is 5. The molecule has 0 saturated carbocycles. The highest BCUT2D eigenvalue weighted by Crippen LogP contribution is 2.24. The third-order valence-corrected chi connectivity index (χ3v) is 4.38. The summed E-state index contributed by atoms with van der Waals surface area (Å²) in [6.45, 7) is 2.89. The van der Waals surface area contributed by atoms with Crippen LogP contribution < -0.4 is 15.1 Å². The molecule has 2 heterocycles. The van der Waals surface area contributed by atoms with Crippen LogP contribution in [-0.2, 0) is 4.74 Å². The number of benzene rings is 2. The highest BCUT2D eigenvalue weighted by atomic mass is 16.5. The van der Waals surface area contributed by atoms with Crippen molar-refractivity contribution in [1.82, 2.24) is 15.0 Å². The smallest absolute Gasteiger partial charge is 0.236 e. The molecule has 0 atom stereocenters. The standard InChI is InChI=1S/C20H22N6O/c1-25(17-10-6-3-7-11-17)19-22-18(21-16-8-4-2-5-9-16)23-20(24-19)26-12-14-27-15-13-26/h2-11H,12-15H2,1H3,(H,21,22,23,24). The fraction of sp³-hybridized carbons (Fsp3) is 0.250. The van der Waals surface area contributed by atoms with Crippen LogP contribution in [0.1, 0.15) is 0 Å². The van der Waals surface area contributed by atoms with Gasteiger partial charge in [0.1, 0.15) is 0 Å². The number of hydrogen-bond donors (Lipinski definition) is 1. The molecular formula is C20H22N6O. The van der Waals surface area contributed by atoms with Gasteiger partial charge in [0.15, 0.2) is 0 Å². The summed E-state index contributed by atoms with van der Waals surface area (Å²) < 4.78 is 5.46. The molecule has 138 valence electrons. The molecule has 1 fully saturated rings. The Morgan fingerprint density at radius 3 is 2.26 bits per heavy atom. The van der Waals surface area contributed by atoms with Gasteiger partial charge in [-0.25, -0.2) is 0 Å². The lowest BCUT2D eigenvalue weighted by molar-refractivity contribution is 0.122. The molecule has 1 aromatic heterocycles. The van der Waals surface area contributed by atoms with Crippen molar-refractivity contribution in [3.63, 3.8) is 0 Å². The second-order valence-electron chi connectivity index (χ2n) is 6.24. The fourth-order valence-electron chi connectivity index (χ4n) is 2.88. The van der Waals surface area contributed by atoms with Gasteiger partial charge in [0, 0.05) is 31.5 Å². The van der Waals surface area contributed by atoms with Gasteiger partial charge in [0.05, 0.1) is 13.2 Å². The lowest BCUT2D eigenvalue weighted by atomic mass is 10.3. The van der Waals surface area contributed by atoms with E-state index in [1.807, 2.05) is 72.6 Å². The normalized spacial score (nSPS) is 14.0. The zero-order valence-corrected chi connectivity index (χ0v) is 15.2. The number of rotatable bonds is 5. The van der Waals surface area contributed by atoms with Crippen LogP contribution in [0.4, 0.5) is 29.2 Å². The third-order valence-electron chi connectivity index (χ3n) is 4.38. The SMILES string of the molecule is CN(c1ccccc1)c1nc(Nc2ccccc2)nc(N2CCOCC2)n1. The lowest BCUT2D eigenvalue weighted by Gasteiger charge is -2.28. The first kappa shape index (κ1) is 17.2. The zero-order valence-electron chi connectivity index (χ0n) is 15.2. The largest absolute Gasteiger partial charge is 0.378 e. The molecule has 3 aromatic rings. The summed E-state index contributed by atoms with van der Waals surface area (Å²) in [7, 11) is 1.96. The van der Waals surface area contributed by atoms with Crippen LogP contribution in [-0.4, -0.2) is 48.3 Å². The van der Waals surface area contributed by atoms with E-state index < -0.39 is 0 Å². The molecule has 0 aliphatic carbocycles. The van der Waals surface area contributed by atoms with E-state index in [9.17, 15) is 0 Å². The van der Waals surface area contributed by atoms with E-state index in [1.165, 1.54) is 0 Å². The number of hydrogen-bond acceptors (Lipinski definition) is 7. The van der Waals surface area contributed by atoms with E-state index in [2.05, 4.69) is 20.2 Å². The number of para-hydroxylation sites is 2. The van der Waals surface area contributed by atoms with Crippen LogP contribution in [0.15, 0.2) is 60.7 Å². The van der Waals surface area contributed by atoms with Gasteiger partial charge < -0.3 is 19.9 Å². The molecule has 0 unspecified atom stereocenters. The second-order valence-corrected chi connectivity index (χ2v) is 6.24. The number of ether oxygens (including phenoxy) is 1. The Hall–Kier alpha value is -3.19. The second kappa shape index (κ2) is 8.01. The van der Waals surface area contributed by atoms with Gasteiger partial charge in [-0.05, 0) is 24.3 Å². The predicted molar refractivity (Wildman–Crippen MR) is 107 cm³/mol. The van der Waals surface area contributed by atoms with Crippen molar-refractivity contribution < 1.29 is 4.74 Å². The number of morpholine rings is 1. The minimum absolute atomic E-state index is 0.524. The highest BCUT2D eigenvalue weighted by Gasteiger charge is 2.18. The van der Waals surface area contributed by atoms with Crippen molar-refractivity contribution in [1.29, 1.82) is 0 Å². The van der Waals surface area contributed by atoms with Crippen LogP contribution in [0, 0.1) is 0 Å². The van der Waals surface area contributed by atoms with Crippen molar-refractivity contribution in [2.24, 2.45) is 0 Å². The molecule has 0 amide bonds. The molecule has 7 heteroatoms. The van der Waals surface area contributed by atoms with Crippen molar-refractivity contribution >= 4 is 29.2 Å². The Labute approximate surface area is 158 Å². The molecule has 7 nitrogen and oxygen atoms in total. The van der Waals surface area contributed by atoms with Crippen LogP contribution in [0.3, 0.4) is 0 Å². The van der Waals surface area contributed by atoms with E-state index in [0.29, 0.717) is 31.1 Å². The topological polar surface area (TPSA) is 66.4 Å². The Morgan fingerprint density at radius 2 is 1.56 bits per heavy atom. The van der Waals surface area contributed by atoms with Gasteiger partial charge in [-0.15, -0.1) is 0 Å². The Morgan fingerprint density at radius 1 is 0.889 bits per heavy atom. The van der Waals surface area contributed by atoms with E-state index in [-0.39, 0.29) is 0 Å². The molecule has 4 rings (SSSR count). The molecular weight excluding hydrogens is 340 g/mol. The maximum atomic E-state index is 5.46. The molecule has 1 saturated heterocycles. The van der Waals surface area contributed by atoms with Crippen LogP contribution >= 0.6 is 0 Å². The fourth-order valence-corrected chi connectivity index (χ4v) is 2.88. The molecule has 1 aliphatic rings. The van der Waals surface area contributed by atoms with Crippen molar-refractivity contribution in [2.45, 2.75) is 0 Å². The maximum Gasteiger partial charge on any atom is 0.236 e. The Balaban J connectivity index is 1.69. The average molecular weight is 362 g/mol. The minimum Gasteiger partial charge on any atom is -0.378 e. The van der Waals surface area contributed by atoms with Crippen molar-refractivity contribution in [3.05, 3.63) is 60.7 Å². The number of anilines is 5. The summed E-state index contributed by atoms with van der Waals surface area (Å²) in [5.41, 5.74) is 1.95. The molecule has 1 aliphatic heterocycles. The monoisotopic (exact) mass is 362 g/mol. The summed E-state index contributed by atoms with van der Waals surface area (Å²) in [6, 6.07) is 20.0. The first-order valence-corrected chi connectivity index (χ1v) is 8.99. The van der Waals surface area contributed by atoms with Crippen molar-refractivity contribution in [3.8, 4) is 0 Å². The van der Waals surface area contributed by atoms with E-state index in [1.54, 1.807) is 0 Å². The first-order valence-electron chi connectivity index (χ1n) is 8.99. The number of nitrogens with one attached hydrogen (secondary N) is 1. The summed E-state index contributed by atoms with van der Waals surface area (Å²) in [4.78, 5) is 18.1. The average Bonchev–Trinajstić information content (AvgIpc) is 2.75. The molecule has 2 aromatic carbocycles. The van der Waals surface area contributed by atoms with Gasteiger partial charge in [-0.2, -0.15) is 15.0 Å². The summed E-state index contributed by atoms with van der Waals surface area (Å²) in [6.07, 6.45) is 0. The minimum atomic E-state index is 0.524. The van der Waals surface area contributed by atoms with E-state index >= 15 is 0 Å². The zero-order chi connectivity index (χ0) is 18.5. The van der Waals surface area contributed by atoms with Gasteiger partial charge in [-0.3, -0.25) is 0 Å². The van der Waals surface area contributed by atoms with Gasteiger partial charge in [0.2, 0.25) is 17.8 Å². The van der Waals surface area contributed by atoms with E-state index in [4.69, 9.17) is 9.72 Å². The van der Waals surface area contributed by atoms with Crippen molar-refractivity contribution in [2.75, 3.05) is 48.5 Å². The molecule has 1 N–H and O–H groups in total. The molecule has 0 spiro atoms. The Bertz CT molecular complexity index is 868. The third kappa shape index (κ3) is 4.15. The molecule has 0 radical (unpaired) electrons. The molecule has 27 heavy (non-hydrogen) atoms. The Kier molecular flexibility index (Phi) is 5.11.